The third-order valence-electron chi connectivity index (χ3n) is 5.28. The molecule has 2 aromatic rings. The summed E-state index contributed by atoms with van der Waals surface area (Å²) in [7, 11) is 4.48. The van der Waals surface area contributed by atoms with Crippen molar-refractivity contribution < 1.29 is 28.5 Å². The smallest absolute Gasteiger partial charge is 0.414 e. The molecule has 0 radical (unpaired) electrons. The second-order valence-electron chi connectivity index (χ2n) is 7.11. The molecule has 0 spiro atoms. The number of anilines is 1. The van der Waals surface area contributed by atoms with Crippen LogP contribution in [0.1, 0.15) is 42.8 Å². The Morgan fingerprint density at radius 3 is 2.52 bits per heavy atom. The summed E-state index contributed by atoms with van der Waals surface area (Å²) in [6, 6.07) is 6.36. The number of hydrogen-bond acceptors (Lipinski definition) is 8. The average molecular weight is 449 g/mol. The molecule has 8 nitrogen and oxygen atoms in total. The molecule has 1 N–H and O–H groups in total. The van der Waals surface area contributed by atoms with E-state index in [1.165, 1.54) is 18.4 Å². The third kappa shape index (κ3) is 4.62. The van der Waals surface area contributed by atoms with Gasteiger partial charge in [0.25, 0.3) is 0 Å². The molecule has 1 aromatic carbocycles. The summed E-state index contributed by atoms with van der Waals surface area (Å²) in [6.45, 7) is 3.99. The maximum atomic E-state index is 12.7. The van der Waals surface area contributed by atoms with E-state index in [9.17, 15) is 9.59 Å². The molecule has 1 aromatic heterocycles. The van der Waals surface area contributed by atoms with E-state index in [1.807, 2.05) is 30.5 Å². The highest BCUT2D eigenvalue weighted by Gasteiger charge is 2.38. The molecule has 0 bridgehead atoms. The van der Waals surface area contributed by atoms with Crippen LogP contribution < -0.4 is 19.7 Å². The highest BCUT2D eigenvalue weighted by atomic mass is 32.1. The van der Waals surface area contributed by atoms with E-state index >= 15 is 0 Å². The lowest BCUT2D eigenvalue weighted by atomic mass is 9.90. The second-order valence-corrected chi connectivity index (χ2v) is 8.09. The number of nitrogens with zero attached hydrogens (tertiary/aromatic N) is 1. The van der Waals surface area contributed by atoms with Gasteiger partial charge in [-0.3, -0.25) is 10.2 Å². The molecule has 0 saturated heterocycles. The molecule has 1 aliphatic heterocycles. The van der Waals surface area contributed by atoms with E-state index in [0.29, 0.717) is 23.6 Å². The number of fused-ring (bicyclic) bond motifs is 1. The summed E-state index contributed by atoms with van der Waals surface area (Å²) < 4.78 is 21.3. The highest BCUT2D eigenvalue weighted by Crippen LogP contribution is 2.44. The Bertz CT molecular complexity index is 917. The number of carbonyl (C=O) groups is 2. The molecule has 2 heterocycles. The predicted molar refractivity (Wildman–Crippen MR) is 118 cm³/mol. The van der Waals surface area contributed by atoms with Crippen LogP contribution in [0.2, 0.25) is 0 Å². The number of methoxy groups -OCH3 is 3. The molecule has 9 heteroatoms. The topological polar surface area (TPSA) is 86.3 Å². The van der Waals surface area contributed by atoms with Crippen LogP contribution in [0.4, 0.5) is 10.5 Å². The van der Waals surface area contributed by atoms with Crippen molar-refractivity contribution in [1.82, 2.24) is 5.32 Å². The minimum Gasteiger partial charge on any atom is -0.493 e. The highest BCUT2D eigenvalue weighted by molar-refractivity contribution is 7.10. The zero-order valence-corrected chi connectivity index (χ0v) is 19.2. The van der Waals surface area contributed by atoms with E-state index in [-0.39, 0.29) is 24.7 Å². The Hall–Kier alpha value is -2.78. The lowest BCUT2D eigenvalue weighted by Crippen LogP contribution is -2.47. The number of nitrogens with one attached hydrogen (secondary N) is 1. The maximum absolute atomic E-state index is 12.7. The number of rotatable bonds is 7. The monoisotopic (exact) mass is 448 g/mol. The fourth-order valence-electron chi connectivity index (χ4n) is 3.85. The number of amides is 1. The molecule has 0 aliphatic carbocycles. The Morgan fingerprint density at radius 2 is 1.94 bits per heavy atom. The summed E-state index contributed by atoms with van der Waals surface area (Å²) in [4.78, 5) is 27.8. The van der Waals surface area contributed by atoms with Gasteiger partial charge in [-0.25, -0.2) is 9.59 Å². The summed E-state index contributed by atoms with van der Waals surface area (Å²) in [5.74, 6) is 0.674. The first-order chi connectivity index (χ1) is 14.9. The zero-order valence-electron chi connectivity index (χ0n) is 18.3. The van der Waals surface area contributed by atoms with Crippen LogP contribution in [0.3, 0.4) is 0 Å². The first-order valence-electron chi connectivity index (χ1n) is 10.0. The van der Waals surface area contributed by atoms with Gasteiger partial charge in [0.05, 0.1) is 33.6 Å². The molecule has 1 aliphatic rings. The fourth-order valence-corrected chi connectivity index (χ4v) is 4.62. The maximum Gasteiger partial charge on any atom is 0.414 e. The van der Waals surface area contributed by atoms with Crippen LogP contribution >= 0.6 is 11.3 Å². The van der Waals surface area contributed by atoms with Gasteiger partial charge in [-0.2, -0.15) is 0 Å². The molecule has 1 amide bonds. The third-order valence-corrected chi connectivity index (χ3v) is 6.22. The van der Waals surface area contributed by atoms with Crippen LogP contribution in [-0.2, 0) is 14.3 Å². The van der Waals surface area contributed by atoms with Crippen molar-refractivity contribution in [3.8, 4) is 11.5 Å². The van der Waals surface area contributed by atoms with Crippen molar-refractivity contribution in [2.45, 2.75) is 38.4 Å². The van der Waals surface area contributed by atoms with Crippen LogP contribution in [0.25, 0.3) is 0 Å². The number of ether oxygens (including phenoxy) is 4. The average Bonchev–Trinajstić information content (AvgIpc) is 3.30. The Kier molecular flexibility index (Phi) is 7.40. The fraction of sp³-hybridized carbons (Fsp3) is 0.455. The van der Waals surface area contributed by atoms with Crippen LogP contribution in [0.15, 0.2) is 29.6 Å². The quantitative estimate of drug-likeness (QED) is 0.639. The Labute approximate surface area is 186 Å². The van der Waals surface area contributed by atoms with Gasteiger partial charge in [0.15, 0.2) is 11.5 Å². The van der Waals surface area contributed by atoms with Crippen LogP contribution in [-0.4, -0.2) is 46.0 Å². The predicted octanol–water partition coefficient (Wildman–Crippen LogP) is 4.07. The van der Waals surface area contributed by atoms with Gasteiger partial charge >= 0.3 is 12.1 Å². The van der Waals surface area contributed by atoms with E-state index in [4.69, 9.17) is 18.9 Å². The van der Waals surface area contributed by atoms with Crippen molar-refractivity contribution in [3.05, 3.63) is 40.1 Å². The first kappa shape index (κ1) is 22.9. The molecule has 0 fully saturated rings. The van der Waals surface area contributed by atoms with Gasteiger partial charge in [-0.15, -0.1) is 11.3 Å². The molecular formula is C22H28N2O6S. The van der Waals surface area contributed by atoms with E-state index < -0.39 is 12.1 Å². The van der Waals surface area contributed by atoms with Crippen molar-refractivity contribution in [3.63, 3.8) is 0 Å². The number of carbonyl (C=O) groups excluding carboxylic acids is 2. The summed E-state index contributed by atoms with van der Waals surface area (Å²) in [5.41, 5.74) is 1.47. The van der Waals surface area contributed by atoms with Crippen molar-refractivity contribution in [1.29, 1.82) is 0 Å². The summed E-state index contributed by atoms with van der Waals surface area (Å²) >= 11 is 1.48. The Balaban J connectivity index is 2.07. The molecule has 31 heavy (non-hydrogen) atoms. The zero-order chi connectivity index (χ0) is 22.5. The molecule has 3 atom stereocenters. The number of thiophene rings is 1. The number of hydrogen-bond donors (Lipinski definition) is 1. The number of esters is 1. The standard InChI is InChI=1S/C22H28N2O6S/c1-6-30-22(26)24-13(2)10-15(14-11-17(27-3)18(28-4)12-16(14)24)23-20(21(25)29-5)19-8-7-9-31-19/h7-9,11-13,15,20,23H,6,10H2,1-5H3/t13-,15+,20?/m1/s1. The minimum atomic E-state index is -0.628. The molecular weight excluding hydrogens is 420 g/mol. The van der Waals surface area contributed by atoms with E-state index in [1.54, 1.807) is 32.1 Å². The molecule has 3 rings (SSSR count). The SMILES string of the molecule is CCOC(=O)N1c2cc(OC)c(OC)cc2[C@@H](NC(C(=O)OC)c2cccs2)C[C@H]1C. The molecule has 0 saturated carbocycles. The first-order valence-corrected chi connectivity index (χ1v) is 10.9. The lowest BCUT2D eigenvalue weighted by molar-refractivity contribution is -0.143. The van der Waals surface area contributed by atoms with Gasteiger partial charge in [-0.05, 0) is 43.3 Å². The van der Waals surface area contributed by atoms with Gasteiger partial charge in [0.2, 0.25) is 0 Å². The normalized spacial score (nSPS) is 18.7. The largest absolute Gasteiger partial charge is 0.493 e. The van der Waals surface area contributed by atoms with E-state index in [0.717, 1.165) is 10.4 Å². The van der Waals surface area contributed by atoms with Gasteiger partial charge in [0.1, 0.15) is 6.04 Å². The van der Waals surface area contributed by atoms with Crippen LogP contribution in [0, 0.1) is 0 Å². The Morgan fingerprint density at radius 1 is 1.23 bits per heavy atom. The van der Waals surface area contributed by atoms with Gasteiger partial charge in [0, 0.05) is 23.0 Å². The second kappa shape index (κ2) is 10.0. The van der Waals surface area contributed by atoms with Crippen molar-refractivity contribution in [2.75, 3.05) is 32.8 Å². The molecule has 168 valence electrons. The van der Waals surface area contributed by atoms with Crippen LogP contribution in [0.5, 0.6) is 11.5 Å². The van der Waals surface area contributed by atoms with Crippen molar-refractivity contribution in [2.24, 2.45) is 0 Å². The van der Waals surface area contributed by atoms with Gasteiger partial charge in [-0.1, -0.05) is 6.07 Å². The summed E-state index contributed by atoms with van der Waals surface area (Å²) in [6.07, 6.45) is 0.143. The van der Waals surface area contributed by atoms with E-state index in [2.05, 4.69) is 5.32 Å². The van der Waals surface area contributed by atoms with Gasteiger partial charge < -0.3 is 18.9 Å². The van der Waals surface area contributed by atoms with Crippen molar-refractivity contribution >= 4 is 29.1 Å². The molecule has 1 unspecified atom stereocenters. The minimum absolute atomic E-state index is 0.177. The summed E-state index contributed by atoms with van der Waals surface area (Å²) in [5, 5.41) is 5.35. The number of benzene rings is 1. The lowest BCUT2D eigenvalue weighted by Gasteiger charge is -2.40.